The lowest BCUT2D eigenvalue weighted by atomic mass is 9.97. The number of aliphatic hydroxyl groups is 1. The third-order valence-electron chi connectivity index (χ3n) is 5.74. The lowest BCUT2D eigenvalue weighted by molar-refractivity contribution is 0.203. The lowest BCUT2D eigenvalue weighted by Crippen LogP contribution is -2.38. The second-order valence-electron chi connectivity index (χ2n) is 8.01. The van der Waals surface area contributed by atoms with Gasteiger partial charge in [0.25, 0.3) is 0 Å². The Bertz CT molecular complexity index is 871. The van der Waals surface area contributed by atoms with Crippen LogP contribution in [0.25, 0.3) is 0 Å². The molecule has 5 nitrogen and oxygen atoms in total. The van der Waals surface area contributed by atoms with Crippen molar-refractivity contribution in [1.82, 2.24) is 10.6 Å². The molecule has 0 spiro atoms. The van der Waals surface area contributed by atoms with Crippen LogP contribution in [0.5, 0.6) is 0 Å². The maximum Gasteiger partial charge on any atom is 0.192 e. The van der Waals surface area contributed by atoms with Crippen molar-refractivity contribution >= 4 is 35.6 Å². The summed E-state index contributed by atoms with van der Waals surface area (Å²) in [7, 11) is 0. The van der Waals surface area contributed by atoms with E-state index in [2.05, 4.69) is 44.8 Å². The van der Waals surface area contributed by atoms with E-state index in [9.17, 15) is 13.9 Å². The molecule has 1 fully saturated rings. The van der Waals surface area contributed by atoms with Crippen LogP contribution in [-0.2, 0) is 6.54 Å². The lowest BCUT2D eigenvalue weighted by Gasteiger charge is -2.32. The van der Waals surface area contributed by atoms with E-state index in [1.165, 1.54) is 11.8 Å². The molecule has 1 aliphatic rings. The van der Waals surface area contributed by atoms with E-state index >= 15 is 0 Å². The first-order valence-electron chi connectivity index (χ1n) is 10.9. The van der Waals surface area contributed by atoms with Crippen molar-refractivity contribution in [2.75, 3.05) is 31.1 Å². The van der Waals surface area contributed by atoms with Crippen molar-refractivity contribution in [3.05, 3.63) is 65.2 Å². The van der Waals surface area contributed by atoms with Crippen molar-refractivity contribution in [2.45, 2.75) is 39.3 Å². The number of hydrogen-bond acceptors (Lipinski definition) is 3. The molecule has 0 saturated carbocycles. The van der Waals surface area contributed by atoms with Crippen molar-refractivity contribution in [3.63, 3.8) is 0 Å². The average Bonchev–Trinajstić information content (AvgIpc) is 2.80. The average molecular weight is 558 g/mol. The third kappa shape index (κ3) is 7.30. The van der Waals surface area contributed by atoms with Crippen LogP contribution in [0.1, 0.15) is 43.9 Å². The molecule has 176 valence electrons. The number of nitrogens with zero attached hydrogens (tertiary/aromatic N) is 2. The van der Waals surface area contributed by atoms with E-state index in [4.69, 9.17) is 0 Å². The van der Waals surface area contributed by atoms with E-state index in [0.717, 1.165) is 37.6 Å². The first kappa shape index (κ1) is 26.3. The van der Waals surface area contributed by atoms with Crippen molar-refractivity contribution in [2.24, 2.45) is 10.9 Å². The molecule has 0 aliphatic carbocycles. The van der Waals surface area contributed by atoms with Crippen LogP contribution in [0.4, 0.5) is 14.5 Å². The zero-order valence-corrected chi connectivity index (χ0v) is 21.0. The zero-order chi connectivity index (χ0) is 22.2. The molecule has 3 N–H and O–H groups in total. The van der Waals surface area contributed by atoms with Gasteiger partial charge in [-0.25, -0.2) is 13.8 Å². The number of benzene rings is 2. The first-order valence-corrected chi connectivity index (χ1v) is 10.9. The summed E-state index contributed by atoms with van der Waals surface area (Å²) in [6, 6.07) is 12.1. The SMILES string of the molecule is CCNC(=NCc1ccc(N2CCC(CO)CC2)cc1)NC(C)c1ccc(F)c(F)c1.I. The van der Waals surface area contributed by atoms with E-state index in [0.29, 0.717) is 30.5 Å². The molecule has 0 radical (unpaired) electrons. The molecule has 1 atom stereocenters. The maximum absolute atomic E-state index is 13.5. The minimum atomic E-state index is -0.853. The molecule has 1 heterocycles. The summed E-state index contributed by atoms with van der Waals surface area (Å²) in [5.41, 5.74) is 2.94. The second kappa shape index (κ2) is 12.9. The van der Waals surface area contributed by atoms with Crippen LogP contribution in [-0.4, -0.2) is 37.3 Å². The molecular weight excluding hydrogens is 525 g/mol. The van der Waals surface area contributed by atoms with Crippen LogP contribution >= 0.6 is 24.0 Å². The molecule has 0 amide bonds. The third-order valence-corrected chi connectivity index (χ3v) is 5.74. The van der Waals surface area contributed by atoms with E-state index in [1.54, 1.807) is 6.07 Å². The summed E-state index contributed by atoms with van der Waals surface area (Å²) in [5, 5.41) is 15.7. The smallest absolute Gasteiger partial charge is 0.192 e. The maximum atomic E-state index is 13.5. The molecule has 2 aromatic rings. The number of guanidine groups is 1. The fourth-order valence-electron chi connectivity index (χ4n) is 3.75. The number of rotatable bonds is 7. The van der Waals surface area contributed by atoms with Gasteiger partial charge in [0.1, 0.15) is 0 Å². The van der Waals surface area contributed by atoms with E-state index < -0.39 is 11.6 Å². The highest BCUT2D eigenvalue weighted by Gasteiger charge is 2.18. The molecule has 8 heteroatoms. The monoisotopic (exact) mass is 558 g/mol. The molecular formula is C24H33F2IN4O. The van der Waals surface area contributed by atoms with Gasteiger partial charge in [-0.3, -0.25) is 0 Å². The summed E-state index contributed by atoms with van der Waals surface area (Å²) in [6.45, 7) is 7.29. The quantitative estimate of drug-likeness (QED) is 0.264. The van der Waals surface area contributed by atoms with Crippen molar-refractivity contribution < 1.29 is 13.9 Å². The van der Waals surface area contributed by atoms with Crippen LogP contribution < -0.4 is 15.5 Å². The Balaban J connectivity index is 0.00000363. The molecule has 1 unspecified atom stereocenters. The minimum Gasteiger partial charge on any atom is -0.396 e. The molecule has 3 rings (SSSR count). The fourth-order valence-corrected chi connectivity index (χ4v) is 3.75. The largest absolute Gasteiger partial charge is 0.396 e. The van der Waals surface area contributed by atoms with Gasteiger partial charge < -0.3 is 20.6 Å². The second-order valence-corrected chi connectivity index (χ2v) is 8.01. The van der Waals surface area contributed by atoms with Gasteiger partial charge in [-0.05, 0) is 68.0 Å². The van der Waals surface area contributed by atoms with Gasteiger partial charge >= 0.3 is 0 Å². The predicted octanol–water partition coefficient (Wildman–Crippen LogP) is 4.61. The molecule has 1 saturated heterocycles. The highest BCUT2D eigenvalue weighted by Crippen LogP contribution is 2.23. The van der Waals surface area contributed by atoms with Crippen LogP contribution in [0.3, 0.4) is 0 Å². The highest BCUT2D eigenvalue weighted by molar-refractivity contribution is 14.0. The molecule has 32 heavy (non-hydrogen) atoms. The van der Waals surface area contributed by atoms with Gasteiger partial charge in [0.05, 0.1) is 12.6 Å². The van der Waals surface area contributed by atoms with Crippen LogP contribution in [0.15, 0.2) is 47.5 Å². The Morgan fingerprint density at radius 1 is 1.12 bits per heavy atom. The van der Waals surface area contributed by atoms with Gasteiger partial charge in [-0.1, -0.05) is 18.2 Å². The Morgan fingerprint density at radius 2 is 1.81 bits per heavy atom. The van der Waals surface area contributed by atoms with Gasteiger partial charge in [-0.15, -0.1) is 24.0 Å². The fraction of sp³-hybridized carbons (Fsp3) is 0.458. The topological polar surface area (TPSA) is 59.9 Å². The number of hydrogen-bond donors (Lipinski definition) is 3. The molecule has 0 aromatic heterocycles. The van der Waals surface area contributed by atoms with Crippen molar-refractivity contribution in [1.29, 1.82) is 0 Å². The number of halogens is 3. The van der Waals surface area contributed by atoms with E-state index in [-0.39, 0.29) is 36.6 Å². The van der Waals surface area contributed by atoms with Crippen LogP contribution in [0, 0.1) is 17.6 Å². The number of piperidine rings is 1. The zero-order valence-electron chi connectivity index (χ0n) is 18.7. The molecule has 2 aromatic carbocycles. The summed E-state index contributed by atoms with van der Waals surface area (Å²) < 4.78 is 26.7. The van der Waals surface area contributed by atoms with Gasteiger partial charge in [0, 0.05) is 31.9 Å². The Kier molecular flexibility index (Phi) is 10.6. The van der Waals surface area contributed by atoms with Gasteiger partial charge in [-0.2, -0.15) is 0 Å². The highest BCUT2D eigenvalue weighted by atomic mass is 127. The summed E-state index contributed by atoms with van der Waals surface area (Å²) in [5.74, 6) is -0.656. The normalized spacial score (nSPS) is 15.8. The standard InChI is InChI=1S/C24H32F2N4O.HI/c1-3-27-24(29-17(2)20-6-9-22(25)23(26)14-20)28-15-18-4-7-21(8-5-18)30-12-10-19(16-31)11-13-30;/h4-9,14,17,19,31H,3,10-13,15-16H2,1-2H3,(H2,27,28,29);1H. The summed E-state index contributed by atoms with van der Waals surface area (Å²) >= 11 is 0. The predicted molar refractivity (Wildman–Crippen MR) is 137 cm³/mol. The molecule has 0 bridgehead atoms. The number of anilines is 1. The Labute approximate surface area is 206 Å². The van der Waals surface area contributed by atoms with Gasteiger partial charge in [0.15, 0.2) is 17.6 Å². The van der Waals surface area contributed by atoms with Gasteiger partial charge in [0.2, 0.25) is 0 Å². The summed E-state index contributed by atoms with van der Waals surface area (Å²) in [4.78, 5) is 6.99. The first-order chi connectivity index (χ1) is 15.0. The van der Waals surface area contributed by atoms with E-state index in [1.807, 2.05) is 13.8 Å². The Hall–Kier alpha value is -1.94. The Morgan fingerprint density at radius 3 is 2.41 bits per heavy atom. The number of aliphatic hydroxyl groups excluding tert-OH is 1. The minimum absolute atomic E-state index is 0. The molecule has 1 aliphatic heterocycles. The van der Waals surface area contributed by atoms with Crippen LogP contribution in [0.2, 0.25) is 0 Å². The number of aliphatic imine (C=N–C) groups is 1. The number of nitrogens with one attached hydrogen (secondary N) is 2. The van der Waals surface area contributed by atoms with Crippen molar-refractivity contribution in [3.8, 4) is 0 Å². The summed E-state index contributed by atoms with van der Waals surface area (Å²) in [6.07, 6.45) is 2.05.